The van der Waals surface area contributed by atoms with Gasteiger partial charge in [-0.15, -0.1) is 0 Å². The minimum absolute atomic E-state index is 0.0560. The van der Waals surface area contributed by atoms with E-state index in [-0.39, 0.29) is 16.9 Å². The highest BCUT2D eigenvalue weighted by Crippen LogP contribution is 2.41. The Hall–Kier alpha value is -2.96. The lowest BCUT2D eigenvalue weighted by molar-refractivity contribution is 0.578. The van der Waals surface area contributed by atoms with Crippen molar-refractivity contribution in [3.63, 3.8) is 0 Å². The molecule has 5 rings (SSSR count). The third-order valence-corrected chi connectivity index (χ3v) is 8.17. The zero-order chi connectivity index (χ0) is 22.3. The van der Waals surface area contributed by atoms with Crippen LogP contribution in [0.1, 0.15) is 41.5 Å². The second kappa shape index (κ2) is 8.19. The predicted octanol–water partition coefficient (Wildman–Crippen LogP) is 5.34. The van der Waals surface area contributed by atoms with Gasteiger partial charge in [0.15, 0.2) is 0 Å². The van der Waals surface area contributed by atoms with Gasteiger partial charge in [-0.3, -0.25) is 0 Å². The number of rotatable bonds is 5. The molecular formula is C26H25FN2O2S. The molecule has 0 amide bonds. The topological polar surface area (TPSA) is 51.1 Å². The van der Waals surface area contributed by atoms with Gasteiger partial charge in [-0.1, -0.05) is 48.6 Å². The Kier molecular flexibility index (Phi) is 5.35. The fraction of sp³-hybridized carbons (Fsp3) is 0.231. The van der Waals surface area contributed by atoms with Crippen LogP contribution in [0.4, 0.5) is 4.39 Å². The van der Waals surface area contributed by atoms with Crippen molar-refractivity contribution in [3.8, 4) is 11.3 Å². The predicted molar refractivity (Wildman–Crippen MR) is 125 cm³/mol. The summed E-state index contributed by atoms with van der Waals surface area (Å²) in [6, 6.07) is 13.5. The molecule has 1 N–H and O–H groups in total. The number of nitrogens with zero attached hydrogens (tertiary/aromatic N) is 1. The van der Waals surface area contributed by atoms with Crippen molar-refractivity contribution in [1.29, 1.82) is 0 Å². The van der Waals surface area contributed by atoms with Crippen LogP contribution >= 0.6 is 0 Å². The van der Waals surface area contributed by atoms with Crippen LogP contribution in [-0.2, 0) is 16.4 Å². The van der Waals surface area contributed by atoms with Gasteiger partial charge in [0.25, 0.3) is 10.0 Å². The van der Waals surface area contributed by atoms with Gasteiger partial charge >= 0.3 is 0 Å². The number of nitrogens with one attached hydrogen (secondary N) is 1. The lowest BCUT2D eigenvalue weighted by Crippen LogP contribution is -2.16. The van der Waals surface area contributed by atoms with Crippen LogP contribution in [0.25, 0.3) is 11.3 Å². The minimum Gasteiger partial charge on any atom is -0.313 e. The van der Waals surface area contributed by atoms with E-state index in [2.05, 4.69) is 17.5 Å². The Morgan fingerprint density at radius 3 is 2.53 bits per heavy atom. The van der Waals surface area contributed by atoms with Crippen molar-refractivity contribution in [2.45, 2.75) is 36.1 Å². The van der Waals surface area contributed by atoms with Crippen molar-refractivity contribution in [2.24, 2.45) is 0 Å². The molecule has 164 valence electrons. The Morgan fingerprint density at radius 2 is 1.84 bits per heavy atom. The van der Waals surface area contributed by atoms with Gasteiger partial charge < -0.3 is 5.32 Å². The van der Waals surface area contributed by atoms with Gasteiger partial charge in [0, 0.05) is 23.7 Å². The zero-order valence-electron chi connectivity index (χ0n) is 17.8. The van der Waals surface area contributed by atoms with Crippen molar-refractivity contribution in [3.05, 3.63) is 102 Å². The molecule has 0 radical (unpaired) electrons. The SMILES string of the molecule is CNC1CCc2c1cn(S(=O)(=O)c1ccc(C3C=CC=CC3)cc1)c2-c1ccccc1F. The molecule has 0 saturated heterocycles. The van der Waals surface area contributed by atoms with E-state index in [0.29, 0.717) is 17.7 Å². The van der Waals surface area contributed by atoms with Crippen molar-refractivity contribution in [2.75, 3.05) is 7.05 Å². The number of halogens is 1. The normalized spacial score (nSPS) is 19.9. The minimum atomic E-state index is -3.90. The second-order valence-electron chi connectivity index (χ2n) is 8.30. The smallest absolute Gasteiger partial charge is 0.268 e. The fourth-order valence-electron chi connectivity index (χ4n) is 4.80. The molecular weight excluding hydrogens is 423 g/mol. The maximum Gasteiger partial charge on any atom is 0.268 e. The van der Waals surface area contributed by atoms with Gasteiger partial charge in [0.05, 0.1) is 10.6 Å². The number of hydrogen-bond donors (Lipinski definition) is 1. The highest BCUT2D eigenvalue weighted by atomic mass is 32.2. The summed E-state index contributed by atoms with van der Waals surface area (Å²) < 4.78 is 43.5. The average Bonchev–Trinajstić information content (AvgIpc) is 3.40. The first kappa shape index (κ1) is 20.9. The maximum atomic E-state index is 14.8. The summed E-state index contributed by atoms with van der Waals surface area (Å²) >= 11 is 0. The summed E-state index contributed by atoms with van der Waals surface area (Å²) in [4.78, 5) is 0.198. The molecule has 0 spiro atoms. The van der Waals surface area contributed by atoms with E-state index < -0.39 is 15.8 Å². The van der Waals surface area contributed by atoms with Gasteiger partial charge in [0.2, 0.25) is 0 Å². The first-order valence-electron chi connectivity index (χ1n) is 10.9. The number of fused-ring (bicyclic) bond motifs is 1. The van der Waals surface area contributed by atoms with E-state index in [1.54, 1.807) is 36.5 Å². The molecule has 2 unspecified atom stereocenters. The standard InChI is InChI=1S/C26H25FN2O2S/c1-28-25-16-15-21-23(25)17-29(26(21)22-9-5-6-10-24(22)27)32(30,31)20-13-11-19(12-14-20)18-7-3-2-4-8-18/h2-7,9-14,17-18,25,28H,8,15-16H2,1H3. The number of hydrogen-bond acceptors (Lipinski definition) is 3. The molecule has 32 heavy (non-hydrogen) atoms. The molecule has 1 aromatic heterocycles. The Balaban J connectivity index is 1.62. The highest BCUT2D eigenvalue weighted by Gasteiger charge is 2.33. The quantitative estimate of drug-likeness (QED) is 0.573. The lowest BCUT2D eigenvalue weighted by Gasteiger charge is -2.16. The van der Waals surface area contributed by atoms with E-state index in [1.807, 2.05) is 31.3 Å². The lowest BCUT2D eigenvalue weighted by atomic mass is 9.93. The van der Waals surface area contributed by atoms with E-state index >= 15 is 0 Å². The first-order chi connectivity index (χ1) is 15.5. The molecule has 3 aromatic rings. The van der Waals surface area contributed by atoms with Crippen molar-refractivity contribution < 1.29 is 12.8 Å². The van der Waals surface area contributed by atoms with E-state index in [0.717, 1.165) is 29.5 Å². The summed E-state index contributed by atoms with van der Waals surface area (Å²) in [6.45, 7) is 0. The molecule has 6 heteroatoms. The van der Waals surface area contributed by atoms with Gasteiger partial charge in [0.1, 0.15) is 5.82 Å². The second-order valence-corrected chi connectivity index (χ2v) is 10.1. The third kappa shape index (κ3) is 3.44. The van der Waals surface area contributed by atoms with Crippen LogP contribution in [0.5, 0.6) is 0 Å². The molecule has 1 heterocycles. The van der Waals surface area contributed by atoms with Crippen molar-refractivity contribution in [1.82, 2.24) is 9.29 Å². The molecule has 2 atom stereocenters. The summed E-state index contributed by atoms with van der Waals surface area (Å²) in [5.74, 6) is -0.178. The van der Waals surface area contributed by atoms with Crippen LogP contribution in [0.2, 0.25) is 0 Å². The monoisotopic (exact) mass is 448 g/mol. The van der Waals surface area contributed by atoms with Gasteiger partial charge in [-0.05, 0) is 67.3 Å². The van der Waals surface area contributed by atoms with Crippen LogP contribution in [0.15, 0.2) is 83.9 Å². The molecule has 0 saturated carbocycles. The molecule has 0 aliphatic heterocycles. The Morgan fingerprint density at radius 1 is 1.06 bits per heavy atom. The summed E-state index contributed by atoms with van der Waals surface area (Å²) in [5.41, 5.74) is 3.63. The van der Waals surface area contributed by atoms with Gasteiger partial charge in [-0.25, -0.2) is 16.8 Å². The van der Waals surface area contributed by atoms with E-state index in [4.69, 9.17) is 0 Å². The molecule has 0 fully saturated rings. The largest absolute Gasteiger partial charge is 0.313 e. The molecule has 0 bridgehead atoms. The fourth-order valence-corrected chi connectivity index (χ4v) is 6.21. The molecule has 2 aliphatic carbocycles. The van der Waals surface area contributed by atoms with Crippen LogP contribution in [0, 0.1) is 5.82 Å². The first-order valence-corrected chi connectivity index (χ1v) is 12.3. The molecule has 2 aromatic carbocycles. The Labute approximate surface area is 188 Å². The summed E-state index contributed by atoms with van der Waals surface area (Å²) in [5, 5.41) is 3.25. The van der Waals surface area contributed by atoms with Crippen LogP contribution in [-0.4, -0.2) is 19.4 Å². The van der Waals surface area contributed by atoms with E-state index in [1.165, 1.54) is 10.0 Å². The average molecular weight is 449 g/mol. The molecule has 2 aliphatic rings. The van der Waals surface area contributed by atoms with E-state index in [9.17, 15) is 12.8 Å². The van der Waals surface area contributed by atoms with Crippen molar-refractivity contribution >= 4 is 10.0 Å². The van der Waals surface area contributed by atoms with Crippen LogP contribution < -0.4 is 5.32 Å². The Bertz CT molecular complexity index is 1320. The number of aromatic nitrogens is 1. The van der Waals surface area contributed by atoms with Crippen LogP contribution in [0.3, 0.4) is 0 Å². The highest BCUT2D eigenvalue weighted by molar-refractivity contribution is 7.90. The summed E-state index contributed by atoms with van der Waals surface area (Å²) in [6.07, 6.45) is 12.4. The number of allylic oxidation sites excluding steroid dienone is 4. The summed E-state index contributed by atoms with van der Waals surface area (Å²) in [7, 11) is -2.04. The maximum absolute atomic E-state index is 14.8. The number of benzene rings is 2. The third-order valence-electron chi connectivity index (χ3n) is 6.49. The zero-order valence-corrected chi connectivity index (χ0v) is 18.6. The van der Waals surface area contributed by atoms with Gasteiger partial charge in [-0.2, -0.15) is 0 Å². The molecule has 4 nitrogen and oxygen atoms in total.